The molecule has 0 spiro atoms. The Hall–Kier alpha value is -1.30. The van der Waals surface area contributed by atoms with Crippen molar-refractivity contribution in [3.63, 3.8) is 0 Å². The highest BCUT2D eigenvalue weighted by molar-refractivity contribution is 9.10. The standard InChI is InChI=1S/C13H11BrClNO3/c1-18-7-8-9(14)3-2-4-10(8)16-13(17)11-5-6-12(15)19-11/h2-6H,7H2,1H3,(H,16,17). The third-order valence-electron chi connectivity index (χ3n) is 2.45. The number of hydrogen-bond donors (Lipinski definition) is 1. The Morgan fingerprint density at radius 3 is 2.84 bits per heavy atom. The van der Waals surface area contributed by atoms with Gasteiger partial charge in [0.15, 0.2) is 11.0 Å². The minimum absolute atomic E-state index is 0.161. The van der Waals surface area contributed by atoms with Crippen molar-refractivity contribution in [1.82, 2.24) is 0 Å². The van der Waals surface area contributed by atoms with Crippen LogP contribution in [0.25, 0.3) is 0 Å². The molecule has 0 aliphatic heterocycles. The Bertz CT molecular complexity index is 597. The van der Waals surface area contributed by atoms with Crippen molar-refractivity contribution < 1.29 is 13.9 Å². The number of rotatable bonds is 4. The number of ether oxygens (including phenoxy) is 1. The Labute approximate surface area is 123 Å². The maximum Gasteiger partial charge on any atom is 0.291 e. The molecule has 0 unspecified atom stereocenters. The zero-order valence-corrected chi connectivity index (χ0v) is 12.4. The summed E-state index contributed by atoms with van der Waals surface area (Å²) in [5.41, 5.74) is 1.52. The highest BCUT2D eigenvalue weighted by atomic mass is 79.9. The molecule has 0 aliphatic rings. The third kappa shape index (κ3) is 3.37. The fourth-order valence-electron chi connectivity index (χ4n) is 1.59. The van der Waals surface area contributed by atoms with Crippen LogP contribution in [-0.2, 0) is 11.3 Å². The number of carbonyl (C=O) groups excluding carboxylic acids is 1. The van der Waals surface area contributed by atoms with E-state index in [4.69, 9.17) is 20.8 Å². The van der Waals surface area contributed by atoms with Crippen LogP contribution in [0, 0.1) is 0 Å². The maximum absolute atomic E-state index is 12.0. The highest BCUT2D eigenvalue weighted by Crippen LogP contribution is 2.26. The van der Waals surface area contributed by atoms with Gasteiger partial charge in [-0.05, 0) is 35.9 Å². The molecule has 0 atom stereocenters. The molecule has 0 bridgehead atoms. The van der Waals surface area contributed by atoms with E-state index in [0.717, 1.165) is 10.0 Å². The monoisotopic (exact) mass is 343 g/mol. The van der Waals surface area contributed by atoms with Crippen LogP contribution in [0.2, 0.25) is 5.22 Å². The van der Waals surface area contributed by atoms with Gasteiger partial charge in [0.25, 0.3) is 5.91 Å². The molecule has 0 aliphatic carbocycles. The third-order valence-corrected chi connectivity index (χ3v) is 3.40. The Morgan fingerprint density at radius 2 is 2.21 bits per heavy atom. The number of methoxy groups -OCH3 is 1. The number of halogens is 2. The molecular formula is C13H11BrClNO3. The smallest absolute Gasteiger partial charge is 0.291 e. The van der Waals surface area contributed by atoms with Gasteiger partial charge in [-0.15, -0.1) is 0 Å². The van der Waals surface area contributed by atoms with Gasteiger partial charge in [-0.25, -0.2) is 0 Å². The first kappa shape index (κ1) is 14.1. The molecule has 1 heterocycles. The largest absolute Gasteiger partial charge is 0.440 e. The van der Waals surface area contributed by atoms with E-state index in [2.05, 4.69) is 21.2 Å². The number of nitrogens with one attached hydrogen (secondary N) is 1. The van der Waals surface area contributed by atoms with Crippen LogP contribution in [-0.4, -0.2) is 13.0 Å². The van der Waals surface area contributed by atoms with Crippen molar-refractivity contribution in [3.8, 4) is 0 Å². The van der Waals surface area contributed by atoms with Gasteiger partial charge >= 0.3 is 0 Å². The lowest BCUT2D eigenvalue weighted by Gasteiger charge is -2.11. The molecule has 1 aromatic carbocycles. The fourth-order valence-corrected chi connectivity index (χ4v) is 2.21. The molecule has 6 heteroatoms. The molecule has 19 heavy (non-hydrogen) atoms. The summed E-state index contributed by atoms with van der Waals surface area (Å²) < 4.78 is 11.0. The Balaban J connectivity index is 2.23. The van der Waals surface area contributed by atoms with Gasteiger partial charge in [0.05, 0.1) is 6.61 Å². The van der Waals surface area contributed by atoms with E-state index in [1.807, 2.05) is 12.1 Å². The minimum Gasteiger partial charge on any atom is -0.440 e. The molecule has 2 aromatic rings. The topological polar surface area (TPSA) is 51.5 Å². The van der Waals surface area contributed by atoms with Gasteiger partial charge in [-0.3, -0.25) is 4.79 Å². The molecule has 2 rings (SSSR count). The van der Waals surface area contributed by atoms with Crippen LogP contribution >= 0.6 is 27.5 Å². The molecule has 4 nitrogen and oxygen atoms in total. The predicted molar refractivity (Wildman–Crippen MR) is 76.5 cm³/mol. The first-order valence-electron chi connectivity index (χ1n) is 5.45. The zero-order chi connectivity index (χ0) is 13.8. The van der Waals surface area contributed by atoms with Crippen molar-refractivity contribution in [2.75, 3.05) is 12.4 Å². The van der Waals surface area contributed by atoms with E-state index in [1.165, 1.54) is 12.1 Å². The second kappa shape index (κ2) is 6.23. The average molecular weight is 345 g/mol. The van der Waals surface area contributed by atoms with E-state index in [-0.39, 0.29) is 16.9 Å². The van der Waals surface area contributed by atoms with Crippen LogP contribution in [0.3, 0.4) is 0 Å². The Kier molecular flexibility index (Phi) is 4.63. The molecule has 1 aromatic heterocycles. The lowest BCUT2D eigenvalue weighted by molar-refractivity contribution is 0.0996. The molecule has 1 N–H and O–H groups in total. The summed E-state index contributed by atoms with van der Waals surface area (Å²) in [6.45, 7) is 0.385. The van der Waals surface area contributed by atoms with Crippen LogP contribution in [0.15, 0.2) is 39.2 Å². The average Bonchev–Trinajstić information content (AvgIpc) is 2.80. The van der Waals surface area contributed by atoms with E-state index in [9.17, 15) is 4.79 Å². The van der Waals surface area contributed by atoms with Crippen molar-refractivity contribution in [3.05, 3.63) is 51.3 Å². The lowest BCUT2D eigenvalue weighted by atomic mass is 10.2. The SMILES string of the molecule is COCc1c(Br)cccc1NC(=O)c1ccc(Cl)o1. The molecule has 100 valence electrons. The van der Waals surface area contributed by atoms with E-state index in [1.54, 1.807) is 13.2 Å². The van der Waals surface area contributed by atoms with Gasteiger partial charge in [-0.2, -0.15) is 0 Å². The van der Waals surface area contributed by atoms with Gasteiger partial charge in [0, 0.05) is 22.8 Å². The van der Waals surface area contributed by atoms with Crippen LogP contribution < -0.4 is 5.32 Å². The maximum atomic E-state index is 12.0. The summed E-state index contributed by atoms with van der Waals surface area (Å²) in [5, 5.41) is 2.94. The van der Waals surface area contributed by atoms with Crippen molar-refractivity contribution in [2.45, 2.75) is 6.61 Å². The number of carbonyl (C=O) groups is 1. The Morgan fingerprint density at radius 1 is 1.42 bits per heavy atom. The van der Waals surface area contributed by atoms with Crippen LogP contribution in [0.4, 0.5) is 5.69 Å². The molecule has 0 saturated heterocycles. The quantitative estimate of drug-likeness (QED) is 0.908. The predicted octanol–water partition coefficient (Wildman–Crippen LogP) is 4.09. The van der Waals surface area contributed by atoms with Gasteiger partial charge in [0.2, 0.25) is 0 Å². The molecule has 1 amide bonds. The minimum atomic E-state index is -0.359. The lowest BCUT2D eigenvalue weighted by Crippen LogP contribution is -2.13. The molecule has 0 fully saturated rings. The number of furan rings is 1. The van der Waals surface area contributed by atoms with Gasteiger partial charge in [-0.1, -0.05) is 22.0 Å². The first-order valence-corrected chi connectivity index (χ1v) is 6.62. The summed E-state index contributed by atoms with van der Waals surface area (Å²) in [4.78, 5) is 12.0. The zero-order valence-electron chi connectivity index (χ0n) is 10.1. The summed E-state index contributed by atoms with van der Waals surface area (Å²) in [5.74, 6) is -0.198. The second-order valence-corrected chi connectivity index (χ2v) is 4.98. The van der Waals surface area contributed by atoms with Gasteiger partial charge in [0.1, 0.15) is 0 Å². The molecular weight excluding hydrogens is 334 g/mol. The second-order valence-electron chi connectivity index (χ2n) is 3.76. The fraction of sp³-hybridized carbons (Fsp3) is 0.154. The normalized spacial score (nSPS) is 10.5. The first-order chi connectivity index (χ1) is 9.11. The summed E-state index contributed by atoms with van der Waals surface area (Å²) in [6.07, 6.45) is 0. The number of anilines is 1. The van der Waals surface area contributed by atoms with Crippen LogP contribution in [0.1, 0.15) is 16.1 Å². The highest BCUT2D eigenvalue weighted by Gasteiger charge is 2.14. The molecule has 0 radical (unpaired) electrons. The number of benzene rings is 1. The van der Waals surface area contributed by atoms with Crippen LogP contribution in [0.5, 0.6) is 0 Å². The summed E-state index contributed by atoms with van der Waals surface area (Å²) >= 11 is 9.06. The van der Waals surface area contributed by atoms with Gasteiger partial charge < -0.3 is 14.5 Å². The summed E-state index contributed by atoms with van der Waals surface area (Å²) in [7, 11) is 1.59. The van der Waals surface area contributed by atoms with E-state index >= 15 is 0 Å². The van der Waals surface area contributed by atoms with Crippen molar-refractivity contribution in [2.24, 2.45) is 0 Å². The summed E-state index contributed by atoms with van der Waals surface area (Å²) in [6, 6.07) is 8.54. The van der Waals surface area contributed by atoms with Crippen molar-refractivity contribution >= 4 is 39.1 Å². The number of hydrogen-bond acceptors (Lipinski definition) is 3. The van der Waals surface area contributed by atoms with E-state index < -0.39 is 0 Å². The molecule has 0 saturated carbocycles. The van der Waals surface area contributed by atoms with E-state index in [0.29, 0.717) is 12.3 Å². The van der Waals surface area contributed by atoms with Crippen molar-refractivity contribution in [1.29, 1.82) is 0 Å². The number of amides is 1.